The smallest absolute Gasteiger partial charge is 0.254 e. The Balaban J connectivity index is 1.43. The van der Waals surface area contributed by atoms with Crippen LogP contribution in [0.25, 0.3) is 0 Å². The highest BCUT2D eigenvalue weighted by Crippen LogP contribution is 2.22. The lowest BCUT2D eigenvalue weighted by molar-refractivity contribution is -0.122. The summed E-state index contributed by atoms with van der Waals surface area (Å²) in [5.74, 6) is 1.24. The third kappa shape index (κ3) is 6.30. The number of hydrogen-bond acceptors (Lipinski definition) is 6. The molecule has 7 heteroatoms. The summed E-state index contributed by atoms with van der Waals surface area (Å²) in [7, 11) is 3.20. The fourth-order valence-electron chi connectivity index (χ4n) is 3.41. The van der Waals surface area contributed by atoms with Gasteiger partial charge < -0.3 is 9.47 Å². The van der Waals surface area contributed by atoms with E-state index < -0.39 is 0 Å². The number of amides is 1. The molecular formula is C23H30N4O3. The van der Waals surface area contributed by atoms with Crippen molar-refractivity contribution in [1.82, 2.24) is 15.2 Å². The number of rotatable bonds is 8. The number of piperazine rings is 1. The SMILES string of the molecule is COc1ccc(OC)c(C=NNC(=O)CN2CCN(Cc3ccc(C)cc3)CC2)c1. The molecule has 7 nitrogen and oxygen atoms in total. The number of benzene rings is 2. The van der Waals surface area contributed by atoms with Gasteiger partial charge in [0.25, 0.3) is 5.91 Å². The molecule has 1 N–H and O–H groups in total. The molecule has 0 atom stereocenters. The minimum Gasteiger partial charge on any atom is -0.497 e. The molecule has 2 aromatic rings. The van der Waals surface area contributed by atoms with Gasteiger partial charge in [-0.3, -0.25) is 14.6 Å². The first-order valence-corrected chi connectivity index (χ1v) is 10.1. The fourth-order valence-corrected chi connectivity index (χ4v) is 3.41. The Hall–Kier alpha value is -2.90. The van der Waals surface area contributed by atoms with E-state index in [9.17, 15) is 4.79 Å². The van der Waals surface area contributed by atoms with E-state index in [4.69, 9.17) is 9.47 Å². The standard InChI is InChI=1S/C23H30N4O3/c1-18-4-6-19(7-5-18)16-26-10-12-27(13-11-26)17-23(28)25-24-15-20-14-21(29-2)8-9-22(20)30-3/h4-9,14-15H,10-13,16-17H2,1-3H3,(H,25,28). The molecule has 0 unspecified atom stereocenters. The van der Waals surface area contributed by atoms with Gasteiger partial charge in [0.15, 0.2) is 0 Å². The predicted molar refractivity (Wildman–Crippen MR) is 118 cm³/mol. The maximum atomic E-state index is 12.2. The summed E-state index contributed by atoms with van der Waals surface area (Å²) in [5, 5.41) is 4.07. The molecule has 160 valence electrons. The van der Waals surface area contributed by atoms with Crippen LogP contribution in [0.15, 0.2) is 47.6 Å². The highest BCUT2D eigenvalue weighted by atomic mass is 16.5. The Bertz CT molecular complexity index is 859. The van der Waals surface area contributed by atoms with Crippen LogP contribution in [0.4, 0.5) is 0 Å². The van der Waals surface area contributed by atoms with Gasteiger partial charge in [0.05, 0.1) is 27.0 Å². The van der Waals surface area contributed by atoms with E-state index in [1.807, 2.05) is 12.1 Å². The molecule has 1 heterocycles. The number of nitrogens with zero attached hydrogens (tertiary/aromatic N) is 3. The van der Waals surface area contributed by atoms with Crippen LogP contribution in [-0.4, -0.2) is 68.9 Å². The number of ether oxygens (including phenoxy) is 2. The van der Waals surface area contributed by atoms with Crippen molar-refractivity contribution >= 4 is 12.1 Å². The molecule has 3 rings (SSSR count). The first kappa shape index (κ1) is 21.8. The quantitative estimate of drug-likeness (QED) is 0.534. The molecule has 2 aromatic carbocycles. The third-order valence-electron chi connectivity index (χ3n) is 5.19. The van der Waals surface area contributed by atoms with Gasteiger partial charge in [-0.25, -0.2) is 5.43 Å². The number of aryl methyl sites for hydroxylation is 1. The molecule has 1 amide bonds. The van der Waals surface area contributed by atoms with Crippen molar-refractivity contribution in [3.63, 3.8) is 0 Å². The number of nitrogens with one attached hydrogen (secondary N) is 1. The van der Waals surface area contributed by atoms with Gasteiger partial charge in [-0.05, 0) is 30.7 Å². The number of carbonyl (C=O) groups is 1. The van der Waals surface area contributed by atoms with E-state index in [0.717, 1.165) is 38.3 Å². The second-order valence-corrected chi connectivity index (χ2v) is 7.44. The maximum absolute atomic E-state index is 12.2. The van der Waals surface area contributed by atoms with E-state index in [2.05, 4.69) is 51.5 Å². The zero-order valence-corrected chi connectivity index (χ0v) is 17.9. The number of methoxy groups -OCH3 is 2. The second kappa shape index (κ2) is 10.8. The van der Waals surface area contributed by atoms with Crippen molar-refractivity contribution in [2.24, 2.45) is 5.10 Å². The summed E-state index contributed by atoms with van der Waals surface area (Å²) < 4.78 is 10.5. The van der Waals surface area contributed by atoms with E-state index in [0.29, 0.717) is 18.0 Å². The van der Waals surface area contributed by atoms with Crippen molar-refractivity contribution in [2.75, 3.05) is 46.9 Å². The van der Waals surface area contributed by atoms with Crippen molar-refractivity contribution in [3.05, 3.63) is 59.2 Å². The van der Waals surface area contributed by atoms with Gasteiger partial charge in [0, 0.05) is 38.3 Å². The average molecular weight is 411 g/mol. The summed E-state index contributed by atoms with van der Waals surface area (Å²) in [5.41, 5.74) is 5.95. The summed E-state index contributed by atoms with van der Waals surface area (Å²) in [6.07, 6.45) is 1.57. The lowest BCUT2D eigenvalue weighted by Crippen LogP contribution is -2.48. The van der Waals surface area contributed by atoms with Gasteiger partial charge in [0.1, 0.15) is 11.5 Å². The fraction of sp³-hybridized carbons (Fsp3) is 0.391. The topological polar surface area (TPSA) is 66.4 Å². The average Bonchev–Trinajstić information content (AvgIpc) is 2.76. The van der Waals surface area contributed by atoms with Gasteiger partial charge >= 0.3 is 0 Å². The van der Waals surface area contributed by atoms with E-state index in [1.54, 1.807) is 26.5 Å². The molecule has 0 radical (unpaired) electrons. The molecule has 1 saturated heterocycles. The van der Waals surface area contributed by atoms with E-state index >= 15 is 0 Å². The van der Waals surface area contributed by atoms with Crippen LogP contribution in [0.5, 0.6) is 11.5 Å². The predicted octanol–water partition coefficient (Wildman–Crippen LogP) is 2.28. The van der Waals surface area contributed by atoms with Crippen molar-refractivity contribution in [3.8, 4) is 11.5 Å². The Morgan fingerprint density at radius 1 is 1.03 bits per heavy atom. The van der Waals surface area contributed by atoms with Crippen molar-refractivity contribution < 1.29 is 14.3 Å². The van der Waals surface area contributed by atoms with Crippen LogP contribution in [-0.2, 0) is 11.3 Å². The highest BCUT2D eigenvalue weighted by molar-refractivity contribution is 5.86. The van der Waals surface area contributed by atoms with Crippen LogP contribution in [0, 0.1) is 6.92 Å². The van der Waals surface area contributed by atoms with E-state index in [1.165, 1.54) is 11.1 Å². The van der Waals surface area contributed by atoms with Crippen LogP contribution in [0.2, 0.25) is 0 Å². The number of hydrogen-bond donors (Lipinski definition) is 1. The molecule has 1 aliphatic heterocycles. The number of hydrazone groups is 1. The zero-order chi connectivity index (χ0) is 21.3. The first-order valence-electron chi connectivity index (χ1n) is 10.1. The van der Waals surface area contributed by atoms with Crippen LogP contribution in [0.1, 0.15) is 16.7 Å². The molecule has 1 fully saturated rings. The van der Waals surface area contributed by atoms with Crippen LogP contribution in [0.3, 0.4) is 0 Å². The lowest BCUT2D eigenvalue weighted by Gasteiger charge is -2.34. The Morgan fingerprint density at radius 2 is 1.73 bits per heavy atom. The minimum atomic E-state index is -0.125. The molecular weight excluding hydrogens is 380 g/mol. The Labute approximate surface area is 178 Å². The summed E-state index contributed by atoms with van der Waals surface area (Å²) in [4.78, 5) is 16.8. The Kier molecular flexibility index (Phi) is 7.82. The molecule has 1 aliphatic rings. The van der Waals surface area contributed by atoms with Crippen LogP contribution >= 0.6 is 0 Å². The molecule has 0 aromatic heterocycles. The van der Waals surface area contributed by atoms with Gasteiger partial charge in [-0.15, -0.1) is 0 Å². The maximum Gasteiger partial charge on any atom is 0.254 e. The molecule has 0 spiro atoms. The second-order valence-electron chi connectivity index (χ2n) is 7.44. The monoisotopic (exact) mass is 410 g/mol. The summed E-state index contributed by atoms with van der Waals surface area (Å²) in [6, 6.07) is 14.1. The molecule has 0 aliphatic carbocycles. The molecule has 0 bridgehead atoms. The van der Waals surface area contributed by atoms with Gasteiger partial charge in [-0.2, -0.15) is 5.10 Å². The van der Waals surface area contributed by atoms with Gasteiger partial charge in [0.2, 0.25) is 0 Å². The largest absolute Gasteiger partial charge is 0.497 e. The summed E-state index contributed by atoms with van der Waals surface area (Å²) >= 11 is 0. The lowest BCUT2D eigenvalue weighted by atomic mass is 10.1. The molecule has 0 saturated carbocycles. The van der Waals surface area contributed by atoms with E-state index in [-0.39, 0.29) is 5.91 Å². The third-order valence-corrected chi connectivity index (χ3v) is 5.19. The van der Waals surface area contributed by atoms with Crippen molar-refractivity contribution in [1.29, 1.82) is 0 Å². The molecule has 30 heavy (non-hydrogen) atoms. The zero-order valence-electron chi connectivity index (χ0n) is 17.9. The number of carbonyl (C=O) groups excluding carboxylic acids is 1. The van der Waals surface area contributed by atoms with Gasteiger partial charge in [-0.1, -0.05) is 29.8 Å². The Morgan fingerprint density at radius 3 is 2.40 bits per heavy atom. The normalized spacial score (nSPS) is 15.3. The summed E-state index contributed by atoms with van der Waals surface area (Å²) in [6.45, 7) is 7.03. The first-order chi connectivity index (χ1) is 14.6. The highest BCUT2D eigenvalue weighted by Gasteiger charge is 2.18. The minimum absolute atomic E-state index is 0.125. The van der Waals surface area contributed by atoms with Crippen molar-refractivity contribution in [2.45, 2.75) is 13.5 Å². The van der Waals surface area contributed by atoms with Crippen LogP contribution < -0.4 is 14.9 Å².